The van der Waals surface area contributed by atoms with Gasteiger partial charge in [-0.05, 0) is 33.6 Å². The van der Waals surface area contributed by atoms with Crippen molar-refractivity contribution in [2.45, 2.75) is 62.9 Å². The van der Waals surface area contributed by atoms with Gasteiger partial charge in [-0.2, -0.15) is 0 Å². The molecule has 0 saturated carbocycles. The van der Waals surface area contributed by atoms with E-state index < -0.39 is 17.3 Å². The lowest BCUT2D eigenvalue weighted by molar-refractivity contribution is -0.215. The maximum absolute atomic E-state index is 10.2. The first kappa shape index (κ1) is 9.44. The van der Waals surface area contributed by atoms with Crippen LogP contribution >= 0.6 is 0 Å². The Morgan fingerprint density at radius 1 is 1.31 bits per heavy atom. The summed E-state index contributed by atoms with van der Waals surface area (Å²) in [6.45, 7) is 5.58. The lowest BCUT2D eigenvalue weighted by atomic mass is 9.81. The van der Waals surface area contributed by atoms with Crippen LogP contribution in [-0.2, 0) is 4.74 Å². The fourth-order valence-electron chi connectivity index (χ4n) is 2.85. The Morgan fingerprint density at radius 2 is 1.92 bits per heavy atom. The smallest absolute Gasteiger partial charge is 0.120 e. The van der Waals surface area contributed by atoms with E-state index in [1.54, 1.807) is 6.92 Å². The summed E-state index contributed by atoms with van der Waals surface area (Å²) in [6, 6.07) is 0. The average molecular weight is 186 g/mol. The summed E-state index contributed by atoms with van der Waals surface area (Å²) in [5.74, 6) is 0. The molecule has 0 aromatic heterocycles. The van der Waals surface area contributed by atoms with E-state index in [0.717, 1.165) is 12.8 Å². The molecule has 2 aliphatic rings. The minimum atomic E-state index is -0.905. The molecular weight excluding hydrogens is 168 g/mol. The first-order valence-corrected chi connectivity index (χ1v) is 4.90. The van der Waals surface area contributed by atoms with E-state index in [1.165, 1.54) is 0 Å². The topological polar surface area (TPSA) is 49.7 Å². The van der Waals surface area contributed by atoms with Crippen LogP contribution in [0.25, 0.3) is 0 Å². The zero-order valence-electron chi connectivity index (χ0n) is 8.50. The molecule has 2 aliphatic heterocycles. The molecule has 2 fully saturated rings. The van der Waals surface area contributed by atoms with E-state index >= 15 is 0 Å². The first-order valence-electron chi connectivity index (χ1n) is 4.90. The van der Waals surface area contributed by atoms with Gasteiger partial charge in [0.2, 0.25) is 0 Å². The number of rotatable bonds is 0. The summed E-state index contributed by atoms with van der Waals surface area (Å²) in [4.78, 5) is 0. The summed E-state index contributed by atoms with van der Waals surface area (Å²) in [5.41, 5.74) is -1.92. The van der Waals surface area contributed by atoms with Gasteiger partial charge in [0.1, 0.15) is 5.60 Å². The summed E-state index contributed by atoms with van der Waals surface area (Å²) in [7, 11) is 0. The van der Waals surface area contributed by atoms with Gasteiger partial charge in [-0.1, -0.05) is 0 Å². The van der Waals surface area contributed by atoms with Crippen molar-refractivity contribution in [1.29, 1.82) is 0 Å². The molecule has 0 spiro atoms. The zero-order valence-corrected chi connectivity index (χ0v) is 8.50. The zero-order chi connectivity index (χ0) is 9.91. The van der Waals surface area contributed by atoms with Gasteiger partial charge in [0.05, 0.1) is 17.3 Å². The van der Waals surface area contributed by atoms with Crippen LogP contribution in [0.4, 0.5) is 0 Å². The van der Waals surface area contributed by atoms with Gasteiger partial charge in [0.25, 0.3) is 0 Å². The van der Waals surface area contributed by atoms with Crippen molar-refractivity contribution in [1.82, 2.24) is 0 Å². The average Bonchev–Trinajstić information content (AvgIpc) is 2.10. The van der Waals surface area contributed by atoms with Gasteiger partial charge in [0, 0.05) is 6.42 Å². The standard InChI is InChI=1S/C10H18O3/c1-8-5-4-7(11)10(3,13-8)9(2,12)6-8/h7,11-12H,4-6H2,1-3H3/t7-,8-,9+,10+/m0/s1. The summed E-state index contributed by atoms with van der Waals surface area (Å²) in [5, 5.41) is 20.0. The van der Waals surface area contributed by atoms with E-state index in [-0.39, 0.29) is 5.60 Å². The second-order valence-electron chi connectivity index (χ2n) is 5.16. The van der Waals surface area contributed by atoms with Gasteiger partial charge < -0.3 is 14.9 Å². The molecule has 13 heavy (non-hydrogen) atoms. The van der Waals surface area contributed by atoms with Crippen LogP contribution in [0.5, 0.6) is 0 Å². The molecule has 0 radical (unpaired) electrons. The Balaban J connectivity index is 2.40. The van der Waals surface area contributed by atoms with Crippen molar-refractivity contribution >= 4 is 0 Å². The molecule has 3 nitrogen and oxygen atoms in total. The van der Waals surface area contributed by atoms with Crippen molar-refractivity contribution in [2.75, 3.05) is 0 Å². The summed E-state index contributed by atoms with van der Waals surface area (Å²) >= 11 is 0. The quantitative estimate of drug-likeness (QED) is 0.589. The molecule has 2 bridgehead atoms. The Kier molecular flexibility index (Phi) is 1.65. The molecule has 2 saturated heterocycles. The minimum Gasteiger partial charge on any atom is -0.390 e. The van der Waals surface area contributed by atoms with Gasteiger partial charge >= 0.3 is 0 Å². The number of fused-ring (bicyclic) bond motifs is 2. The van der Waals surface area contributed by atoms with Crippen molar-refractivity contribution in [3.63, 3.8) is 0 Å². The van der Waals surface area contributed by atoms with E-state index in [1.807, 2.05) is 13.8 Å². The van der Waals surface area contributed by atoms with E-state index in [4.69, 9.17) is 4.74 Å². The molecule has 2 rings (SSSR count). The van der Waals surface area contributed by atoms with Crippen molar-refractivity contribution in [3.8, 4) is 0 Å². The monoisotopic (exact) mass is 186 g/mol. The van der Waals surface area contributed by atoms with Crippen LogP contribution in [0, 0.1) is 0 Å². The summed E-state index contributed by atoms with van der Waals surface area (Å²) < 4.78 is 5.80. The molecule has 4 atom stereocenters. The highest BCUT2D eigenvalue weighted by atomic mass is 16.6. The van der Waals surface area contributed by atoms with Crippen LogP contribution in [0.1, 0.15) is 40.0 Å². The van der Waals surface area contributed by atoms with Crippen molar-refractivity contribution < 1.29 is 14.9 Å². The maximum Gasteiger partial charge on any atom is 0.120 e. The number of ether oxygens (including phenoxy) is 1. The Bertz CT molecular complexity index is 238. The van der Waals surface area contributed by atoms with Gasteiger partial charge in [-0.15, -0.1) is 0 Å². The fourth-order valence-corrected chi connectivity index (χ4v) is 2.85. The third-order valence-corrected chi connectivity index (χ3v) is 3.83. The van der Waals surface area contributed by atoms with Crippen molar-refractivity contribution in [3.05, 3.63) is 0 Å². The van der Waals surface area contributed by atoms with Crippen molar-refractivity contribution in [2.24, 2.45) is 0 Å². The molecular formula is C10H18O3. The normalized spacial score (nSPS) is 61.2. The highest BCUT2D eigenvalue weighted by Gasteiger charge is 2.63. The minimum absolute atomic E-state index is 0.239. The highest BCUT2D eigenvalue weighted by molar-refractivity contribution is 5.13. The molecule has 0 aliphatic carbocycles. The molecule has 0 unspecified atom stereocenters. The molecule has 0 amide bonds. The van der Waals surface area contributed by atoms with Gasteiger partial charge in [-0.25, -0.2) is 0 Å². The van der Waals surface area contributed by atoms with Gasteiger partial charge in [-0.3, -0.25) is 0 Å². The highest BCUT2D eigenvalue weighted by Crippen LogP contribution is 2.53. The molecule has 3 heteroatoms. The third kappa shape index (κ3) is 1.07. The molecule has 0 aromatic carbocycles. The Hall–Kier alpha value is -0.120. The largest absolute Gasteiger partial charge is 0.390 e. The van der Waals surface area contributed by atoms with Crippen LogP contribution in [0.3, 0.4) is 0 Å². The molecule has 2 N–H and O–H groups in total. The Morgan fingerprint density at radius 3 is 2.46 bits per heavy atom. The number of hydrogen-bond acceptors (Lipinski definition) is 3. The van der Waals surface area contributed by atoms with E-state index in [2.05, 4.69) is 0 Å². The predicted molar refractivity (Wildman–Crippen MR) is 48.4 cm³/mol. The van der Waals surface area contributed by atoms with Crippen LogP contribution < -0.4 is 0 Å². The second kappa shape index (κ2) is 2.27. The van der Waals surface area contributed by atoms with Crippen LogP contribution in [0.2, 0.25) is 0 Å². The molecule has 2 heterocycles. The number of hydrogen-bond donors (Lipinski definition) is 2. The predicted octanol–water partition coefficient (Wildman–Crippen LogP) is 0.830. The van der Waals surface area contributed by atoms with Gasteiger partial charge in [0.15, 0.2) is 0 Å². The first-order chi connectivity index (χ1) is 5.79. The fraction of sp³-hybridized carbons (Fsp3) is 1.00. The third-order valence-electron chi connectivity index (χ3n) is 3.83. The number of aliphatic hydroxyl groups excluding tert-OH is 1. The molecule has 0 aromatic rings. The SMILES string of the molecule is C[C@@]12CC[C@H](O)[C@@](C)(O1)[C@](C)(O)C2. The van der Waals surface area contributed by atoms with Crippen LogP contribution in [0.15, 0.2) is 0 Å². The number of aliphatic hydroxyl groups is 2. The van der Waals surface area contributed by atoms with E-state index in [9.17, 15) is 10.2 Å². The maximum atomic E-state index is 10.2. The van der Waals surface area contributed by atoms with E-state index in [0.29, 0.717) is 6.42 Å². The Labute approximate surface area is 78.7 Å². The van der Waals surface area contributed by atoms with Crippen LogP contribution in [-0.4, -0.2) is 33.1 Å². The summed E-state index contributed by atoms with van der Waals surface area (Å²) in [6.07, 6.45) is 1.63. The lowest BCUT2D eigenvalue weighted by Crippen LogP contribution is -2.56. The lowest BCUT2D eigenvalue weighted by Gasteiger charge is -2.42. The second-order valence-corrected chi connectivity index (χ2v) is 5.16. The molecule has 76 valence electrons.